The minimum Gasteiger partial charge on any atom is -0.432 e. The summed E-state index contributed by atoms with van der Waals surface area (Å²) >= 11 is 0. The third-order valence-electron chi connectivity index (χ3n) is 3.92. The Morgan fingerprint density at radius 2 is 1.43 bits per heavy atom. The van der Waals surface area contributed by atoms with E-state index in [4.69, 9.17) is 57.7 Å². The number of anilines is 1. The quantitative estimate of drug-likeness (QED) is 0.142. The molecule has 5 N–H and O–H groups in total. The second-order valence-electron chi connectivity index (χ2n) is 8.17. The van der Waals surface area contributed by atoms with Gasteiger partial charge in [0.05, 0.1) is 31.2 Å². The maximum atomic E-state index is 13.1. The zero-order valence-corrected chi connectivity index (χ0v) is 24.1. The molecule has 0 aliphatic carbocycles. The van der Waals surface area contributed by atoms with Crippen molar-refractivity contribution in [2.45, 2.75) is 59.5 Å². The van der Waals surface area contributed by atoms with Crippen molar-refractivity contribution in [3.8, 4) is 0 Å². The van der Waals surface area contributed by atoms with Crippen LogP contribution in [-0.4, -0.2) is 84.8 Å². The highest BCUT2D eigenvalue weighted by atomic mass is 31.2. The molecule has 0 spiro atoms. The number of fused-ring (bicyclic) bond motifs is 1. The van der Waals surface area contributed by atoms with E-state index in [1.807, 2.05) is 0 Å². The van der Waals surface area contributed by atoms with Gasteiger partial charge in [-0.05, 0) is 34.6 Å². The maximum absolute atomic E-state index is 13.1. The van der Waals surface area contributed by atoms with Crippen LogP contribution in [0.4, 0.5) is 15.4 Å². The van der Waals surface area contributed by atoms with E-state index < -0.39 is 66.0 Å². The number of ether oxygens (including phenoxy) is 5. The van der Waals surface area contributed by atoms with Crippen molar-refractivity contribution in [2.24, 2.45) is 0 Å². The molecule has 0 aliphatic rings. The predicted molar refractivity (Wildman–Crippen MR) is 134 cm³/mol. The smallest absolute Gasteiger partial charge is 0.432 e. The first-order valence-electron chi connectivity index (χ1n) is 11.3. The van der Waals surface area contributed by atoms with E-state index >= 15 is 0 Å². The highest BCUT2D eigenvalue weighted by Gasteiger charge is 2.29. The number of rotatable bonds is 13. The van der Waals surface area contributed by atoms with Crippen LogP contribution in [0.25, 0.3) is 11.2 Å². The van der Waals surface area contributed by atoms with Crippen molar-refractivity contribution in [3.05, 3.63) is 12.7 Å². The summed E-state index contributed by atoms with van der Waals surface area (Å²) in [5, 5.41) is 0. The fourth-order valence-corrected chi connectivity index (χ4v) is 3.54. The van der Waals surface area contributed by atoms with E-state index in [9.17, 15) is 14.2 Å². The summed E-state index contributed by atoms with van der Waals surface area (Å²) in [6.45, 7) is 6.98. The Kier molecular flexibility index (Phi) is 14.4. The van der Waals surface area contributed by atoms with Gasteiger partial charge >= 0.3 is 27.7 Å². The second kappa shape index (κ2) is 16.4. The summed E-state index contributed by atoms with van der Waals surface area (Å²) in [4.78, 5) is 56.8. The average molecular weight is 617 g/mol. The van der Waals surface area contributed by atoms with Gasteiger partial charge in [-0.15, -0.1) is 0 Å². The van der Waals surface area contributed by atoms with Crippen LogP contribution in [0.1, 0.15) is 34.6 Å². The monoisotopic (exact) mass is 617 g/mol. The van der Waals surface area contributed by atoms with Crippen molar-refractivity contribution in [1.82, 2.24) is 19.5 Å². The molecule has 0 bridgehead atoms. The van der Waals surface area contributed by atoms with Crippen molar-refractivity contribution in [2.75, 3.05) is 25.7 Å². The molecular weight excluding hydrogens is 584 g/mol. The lowest BCUT2D eigenvalue weighted by Gasteiger charge is -2.21. The molecule has 2 aromatic rings. The highest BCUT2D eigenvalue weighted by Crippen LogP contribution is 2.48. The van der Waals surface area contributed by atoms with Crippen LogP contribution in [0.2, 0.25) is 0 Å². The van der Waals surface area contributed by atoms with Gasteiger partial charge in [-0.2, -0.15) is 0 Å². The van der Waals surface area contributed by atoms with Crippen LogP contribution in [-0.2, 0) is 48.4 Å². The van der Waals surface area contributed by atoms with Gasteiger partial charge in [-0.3, -0.25) is 13.6 Å². The number of hydrogen-bond donors (Lipinski definition) is 4. The number of imidazole rings is 1. The summed E-state index contributed by atoms with van der Waals surface area (Å²) < 4.78 is 58.5. The second-order valence-corrected chi connectivity index (χ2v) is 11.2. The van der Waals surface area contributed by atoms with Crippen LogP contribution >= 0.6 is 15.4 Å². The highest BCUT2D eigenvalue weighted by molar-refractivity contribution is 7.53. The van der Waals surface area contributed by atoms with Crippen molar-refractivity contribution in [1.29, 1.82) is 0 Å². The minimum absolute atomic E-state index is 0.237. The summed E-state index contributed by atoms with van der Waals surface area (Å²) in [5.41, 5.74) is 6.72. The minimum atomic E-state index is -4.64. The number of nitrogens with two attached hydrogens (primary N) is 1. The average Bonchev–Trinajstić information content (AvgIpc) is 3.20. The molecule has 1 atom stereocenters. The summed E-state index contributed by atoms with van der Waals surface area (Å²) in [6.07, 6.45) is -1.14. The number of carbonyl (C=O) groups excluding carboxylic acids is 2. The zero-order chi connectivity index (χ0) is 30.5. The molecule has 0 saturated heterocycles. The van der Waals surface area contributed by atoms with Gasteiger partial charge in [0.25, 0.3) is 0 Å². The molecule has 228 valence electrons. The van der Waals surface area contributed by atoms with Gasteiger partial charge < -0.3 is 48.7 Å². The van der Waals surface area contributed by atoms with Crippen molar-refractivity contribution in [3.63, 3.8) is 0 Å². The normalized spacial score (nSPS) is 12.6. The molecule has 0 amide bonds. The van der Waals surface area contributed by atoms with Crippen molar-refractivity contribution >= 4 is 44.7 Å². The molecule has 0 aromatic carbocycles. The molecule has 21 heteroatoms. The number of phosphoric acid groups is 1. The Morgan fingerprint density at radius 3 is 1.90 bits per heavy atom. The van der Waals surface area contributed by atoms with Crippen LogP contribution in [0.3, 0.4) is 0 Å². The first-order chi connectivity index (χ1) is 18.5. The van der Waals surface area contributed by atoms with E-state index in [2.05, 4.69) is 15.0 Å². The lowest BCUT2D eigenvalue weighted by atomic mass is 10.4. The summed E-state index contributed by atoms with van der Waals surface area (Å²) in [7, 11) is -8.70. The Balaban J connectivity index is 0.00000146. The first kappa shape index (κ1) is 35.1. The SMILES string of the molecule is CC(C)OC(=O)OCOP(=O)(CO[C@H](C)Cn1cnc2c(N)ncnc21)OCOC(=O)OC(C)C.O=P(O)(O)O. The molecule has 0 aliphatic heterocycles. The first-order valence-corrected chi connectivity index (χ1v) is 14.6. The third kappa shape index (κ3) is 15.0. The Hall–Kier alpha value is -2.89. The van der Waals surface area contributed by atoms with Gasteiger partial charge in [0, 0.05) is 0 Å². The predicted octanol–water partition coefficient (Wildman–Crippen LogP) is 2.11. The largest absolute Gasteiger partial charge is 0.510 e. The topological polar surface area (TPSA) is 263 Å². The molecule has 2 heterocycles. The molecular formula is C19H33N5O14P2. The summed E-state index contributed by atoms with van der Waals surface area (Å²) in [5.74, 6) is 0.237. The van der Waals surface area contributed by atoms with Crippen LogP contribution in [0, 0.1) is 0 Å². The van der Waals surface area contributed by atoms with Crippen LogP contribution < -0.4 is 5.73 Å². The van der Waals surface area contributed by atoms with E-state index in [-0.39, 0.29) is 12.4 Å². The standard InChI is InChI=1S/C19H30N5O10P.H3O4P/c1-12(2)33-18(25)28-9-31-35(27,32-10-29-19(26)34-13(3)4)11-30-14(5)6-24-8-23-15-16(20)21-7-22-17(15)24;1-5(2,3)4/h7-8,12-14H,6,9-11H2,1-5H3,(H2,20,21,22);(H3,1,2,3,4)/t14-;/m1./s1. The molecule has 0 unspecified atom stereocenters. The van der Waals surface area contributed by atoms with Gasteiger partial charge in [0.15, 0.2) is 11.5 Å². The molecule has 0 fully saturated rings. The Morgan fingerprint density at radius 1 is 0.925 bits per heavy atom. The fourth-order valence-electron chi connectivity index (χ4n) is 2.45. The van der Waals surface area contributed by atoms with Gasteiger partial charge in [0.1, 0.15) is 18.2 Å². The lowest BCUT2D eigenvalue weighted by Crippen LogP contribution is -2.20. The Labute approximate surface area is 228 Å². The number of carbonyl (C=O) groups is 2. The molecule has 19 nitrogen and oxygen atoms in total. The molecule has 0 radical (unpaired) electrons. The number of nitrogens with zero attached hydrogens (tertiary/aromatic N) is 4. The Bertz CT molecular complexity index is 1150. The number of hydrogen-bond acceptors (Lipinski definition) is 15. The molecule has 2 aromatic heterocycles. The van der Waals surface area contributed by atoms with Gasteiger partial charge in [-0.25, -0.2) is 29.1 Å². The van der Waals surface area contributed by atoms with Gasteiger partial charge in [-0.1, -0.05) is 0 Å². The van der Waals surface area contributed by atoms with Gasteiger partial charge in [0.2, 0.25) is 13.6 Å². The third-order valence-corrected chi connectivity index (χ3v) is 5.38. The number of aromatic nitrogens is 4. The van der Waals surface area contributed by atoms with E-state index in [0.717, 1.165) is 0 Å². The van der Waals surface area contributed by atoms with Crippen molar-refractivity contribution < 1.29 is 66.1 Å². The maximum Gasteiger partial charge on any atom is 0.510 e. The van der Waals surface area contributed by atoms with Crippen LogP contribution in [0.15, 0.2) is 12.7 Å². The van der Waals surface area contributed by atoms with E-state index in [1.165, 1.54) is 12.7 Å². The fraction of sp³-hybridized carbons (Fsp3) is 0.632. The number of nitrogen functional groups attached to an aromatic ring is 1. The lowest BCUT2D eigenvalue weighted by molar-refractivity contribution is -0.0369. The zero-order valence-electron chi connectivity index (χ0n) is 22.3. The summed E-state index contributed by atoms with van der Waals surface area (Å²) in [6, 6.07) is 0. The van der Waals surface area contributed by atoms with Crippen LogP contribution in [0.5, 0.6) is 0 Å². The van der Waals surface area contributed by atoms with E-state index in [1.54, 1.807) is 39.2 Å². The molecule has 40 heavy (non-hydrogen) atoms. The molecule has 2 rings (SSSR count). The molecule has 0 saturated carbocycles. The van der Waals surface area contributed by atoms with E-state index in [0.29, 0.717) is 11.2 Å².